The molecule has 69 heavy (non-hydrogen) atoms. The lowest BCUT2D eigenvalue weighted by Crippen LogP contribution is -2.35. The molecule has 3 heterocycles. The van der Waals surface area contributed by atoms with Gasteiger partial charge in [-0.25, -0.2) is 0 Å². The molecule has 14 rings (SSSR count). The van der Waals surface area contributed by atoms with Gasteiger partial charge in [-0.2, -0.15) is 5.26 Å². The molecule has 0 fully saturated rings. The van der Waals surface area contributed by atoms with Crippen molar-refractivity contribution in [2.45, 2.75) is 102 Å². The van der Waals surface area contributed by atoms with Gasteiger partial charge in [-0.15, -0.1) is 0 Å². The summed E-state index contributed by atoms with van der Waals surface area (Å²) in [7, 11) is 0. The summed E-state index contributed by atoms with van der Waals surface area (Å²) in [6, 6.07) is 25.7. The number of fused-ring (bicyclic) bond motifs is 12. The molecule has 7 unspecified atom stereocenters. The molecule has 0 N–H and O–H groups in total. The van der Waals surface area contributed by atoms with Crippen LogP contribution >= 0.6 is 0 Å². The minimum atomic E-state index is -0.0863. The minimum Gasteiger partial charge on any atom is -0.354 e. The summed E-state index contributed by atoms with van der Waals surface area (Å²) in [6.07, 6.45) is 47.7. The summed E-state index contributed by atoms with van der Waals surface area (Å²) in [6.45, 7) is 9.87. The molecule has 3 aromatic carbocycles. The van der Waals surface area contributed by atoms with Crippen LogP contribution in [0.5, 0.6) is 0 Å². The van der Waals surface area contributed by atoms with Crippen LogP contribution in [-0.2, 0) is 18.3 Å². The Labute approximate surface area is 408 Å². The van der Waals surface area contributed by atoms with E-state index in [0.29, 0.717) is 17.8 Å². The standard InChI is InChI=1S/C65H60N4/c1-64(2)50-25-13-8-20-43(50)48-36-40(30-31-52(48)64)54-34-35-58(67(54)42-18-6-5-7-19-42)49-37-41(39-66)60(68-55-27-15-10-21-44(55)45-22-11-16-28-56(45)68)38-61(49)69-57-29-17-12-24-47(57)63-59(69)33-32-53-62(63)46-23-9-14-26-51(46)65(53,3)4/h5-6,8-16,18,20-28,30,34-38,44,46,51-52,54-55,58H,7,17,19,29,31-33H2,1-4H3. The highest BCUT2D eigenvalue weighted by atomic mass is 15.2. The number of anilines is 2. The first-order chi connectivity index (χ1) is 33.7. The van der Waals surface area contributed by atoms with Crippen molar-refractivity contribution >= 4 is 28.6 Å². The van der Waals surface area contributed by atoms with Gasteiger partial charge in [0.1, 0.15) is 6.07 Å². The number of benzene rings is 3. The van der Waals surface area contributed by atoms with Crippen LogP contribution in [0, 0.1) is 34.5 Å². The normalized spacial score (nSPS) is 28.6. The van der Waals surface area contributed by atoms with Crippen molar-refractivity contribution in [1.82, 2.24) is 9.47 Å². The molecule has 2 aliphatic heterocycles. The van der Waals surface area contributed by atoms with E-state index in [9.17, 15) is 5.26 Å². The lowest BCUT2D eigenvalue weighted by molar-refractivity contribution is 0.286. The second-order valence-electron chi connectivity index (χ2n) is 22.3. The van der Waals surface area contributed by atoms with Gasteiger partial charge in [0.05, 0.1) is 35.1 Å². The van der Waals surface area contributed by atoms with Crippen LogP contribution in [0.25, 0.3) is 22.9 Å². The van der Waals surface area contributed by atoms with Crippen molar-refractivity contribution in [3.8, 4) is 11.8 Å². The minimum absolute atomic E-state index is 0.0625. The van der Waals surface area contributed by atoms with Gasteiger partial charge in [0.25, 0.3) is 0 Å². The molecule has 0 radical (unpaired) electrons. The topological polar surface area (TPSA) is 35.2 Å². The Bertz CT molecular complexity index is 3330. The number of para-hydroxylation sites is 1. The highest BCUT2D eigenvalue weighted by Crippen LogP contribution is 2.62. The van der Waals surface area contributed by atoms with E-state index in [1.807, 2.05) is 0 Å². The Morgan fingerprint density at radius 3 is 2.35 bits per heavy atom. The van der Waals surface area contributed by atoms with Gasteiger partial charge in [0.15, 0.2) is 0 Å². The average Bonchev–Trinajstić information content (AvgIpc) is 4.17. The van der Waals surface area contributed by atoms with Crippen LogP contribution in [0.4, 0.5) is 11.4 Å². The fourth-order valence-electron chi connectivity index (χ4n) is 15.2. The van der Waals surface area contributed by atoms with Crippen LogP contribution in [0.2, 0.25) is 0 Å². The van der Waals surface area contributed by atoms with Crippen LogP contribution in [0.15, 0.2) is 175 Å². The fourth-order valence-corrected chi connectivity index (χ4v) is 15.2. The van der Waals surface area contributed by atoms with Crippen LogP contribution in [0.3, 0.4) is 0 Å². The first-order valence-electron chi connectivity index (χ1n) is 25.9. The van der Waals surface area contributed by atoms with Gasteiger partial charge in [-0.1, -0.05) is 173 Å². The van der Waals surface area contributed by atoms with Crippen molar-refractivity contribution in [3.05, 3.63) is 225 Å². The first-order valence-corrected chi connectivity index (χ1v) is 25.9. The number of nitriles is 1. The van der Waals surface area contributed by atoms with E-state index in [-0.39, 0.29) is 34.9 Å². The Morgan fingerprint density at radius 2 is 1.48 bits per heavy atom. The van der Waals surface area contributed by atoms with Crippen molar-refractivity contribution < 1.29 is 0 Å². The van der Waals surface area contributed by atoms with Gasteiger partial charge in [-0.05, 0) is 125 Å². The van der Waals surface area contributed by atoms with E-state index in [2.05, 4.69) is 212 Å². The summed E-state index contributed by atoms with van der Waals surface area (Å²) in [4.78, 5) is 5.23. The lowest BCUT2D eigenvalue weighted by Gasteiger charge is -2.39. The summed E-state index contributed by atoms with van der Waals surface area (Å²) >= 11 is 0. The van der Waals surface area contributed by atoms with E-state index >= 15 is 0 Å². The molecule has 0 bridgehead atoms. The number of allylic oxidation sites excluding steroid dienone is 15. The average molecular weight is 897 g/mol. The third kappa shape index (κ3) is 5.74. The summed E-state index contributed by atoms with van der Waals surface area (Å²) in [5.74, 6) is 1.50. The van der Waals surface area contributed by atoms with Crippen LogP contribution < -0.4 is 4.90 Å². The quantitative estimate of drug-likeness (QED) is 0.187. The fraction of sp³-hybridized carbons (Fsp3) is 0.308. The lowest BCUT2D eigenvalue weighted by atomic mass is 9.72. The third-order valence-electron chi connectivity index (χ3n) is 18.4. The molecule has 10 aliphatic rings. The van der Waals surface area contributed by atoms with Crippen LogP contribution in [-0.4, -0.2) is 21.6 Å². The molecular weight excluding hydrogens is 837 g/mol. The zero-order chi connectivity index (χ0) is 46.3. The van der Waals surface area contributed by atoms with E-state index in [1.54, 1.807) is 11.1 Å². The van der Waals surface area contributed by atoms with Gasteiger partial charge in [0, 0.05) is 51.3 Å². The number of hydrogen-bond acceptors (Lipinski definition) is 3. The smallest absolute Gasteiger partial charge is 0.101 e. The second kappa shape index (κ2) is 15.1. The largest absolute Gasteiger partial charge is 0.354 e. The molecule has 1 aromatic heterocycles. The molecule has 0 saturated carbocycles. The predicted octanol–water partition coefficient (Wildman–Crippen LogP) is 15.0. The Kier molecular flexibility index (Phi) is 9.00. The number of nitrogens with zero attached hydrogens (tertiary/aromatic N) is 4. The molecule has 8 aliphatic carbocycles. The molecule has 7 atom stereocenters. The van der Waals surface area contributed by atoms with Gasteiger partial charge in [0.2, 0.25) is 0 Å². The zero-order valence-electron chi connectivity index (χ0n) is 40.4. The Hall–Kier alpha value is -6.83. The van der Waals surface area contributed by atoms with E-state index in [4.69, 9.17) is 0 Å². The summed E-state index contributed by atoms with van der Waals surface area (Å²) in [5, 5.41) is 11.5. The molecule has 0 saturated heterocycles. The van der Waals surface area contributed by atoms with Crippen molar-refractivity contribution in [2.24, 2.45) is 23.2 Å². The van der Waals surface area contributed by atoms with Crippen molar-refractivity contribution in [1.29, 1.82) is 5.26 Å². The Morgan fingerprint density at radius 1 is 0.681 bits per heavy atom. The first kappa shape index (κ1) is 41.2. The predicted molar refractivity (Wildman–Crippen MR) is 283 cm³/mol. The maximum atomic E-state index is 11.5. The van der Waals surface area contributed by atoms with Crippen molar-refractivity contribution in [2.75, 3.05) is 4.90 Å². The molecule has 0 spiro atoms. The molecule has 340 valence electrons. The second-order valence-corrected chi connectivity index (χ2v) is 22.3. The van der Waals surface area contributed by atoms with Crippen molar-refractivity contribution in [3.63, 3.8) is 0 Å². The molecular formula is C65H60N4. The Balaban J connectivity index is 0.994. The monoisotopic (exact) mass is 896 g/mol. The third-order valence-corrected chi connectivity index (χ3v) is 18.4. The number of rotatable bonds is 5. The molecule has 4 heteroatoms. The van der Waals surface area contributed by atoms with Crippen LogP contribution in [0.1, 0.15) is 122 Å². The summed E-state index contributed by atoms with van der Waals surface area (Å²) in [5.41, 5.74) is 22.9. The molecule has 0 amide bonds. The number of aromatic nitrogens is 1. The maximum absolute atomic E-state index is 11.5. The van der Waals surface area contributed by atoms with Gasteiger partial charge in [-0.3, -0.25) is 0 Å². The summed E-state index contributed by atoms with van der Waals surface area (Å²) < 4.78 is 2.75. The maximum Gasteiger partial charge on any atom is 0.101 e. The highest BCUT2D eigenvalue weighted by molar-refractivity contribution is 5.88. The SMILES string of the molecule is CC1(C)C2=C(c3c4c(n(-c5cc(N6c7ccccc7C7C=CC=CC76)c(C#N)cc5C5C=CC(C6=CCC7C(=C6)c6ccccc6C7(C)C)N5C5=CC=CCC5)c3CC2)CCC=C4)C2C=CC=CC21. The van der Waals surface area contributed by atoms with E-state index in [1.165, 1.54) is 73.0 Å². The highest BCUT2D eigenvalue weighted by Gasteiger charge is 2.50. The zero-order valence-corrected chi connectivity index (χ0v) is 40.4. The molecule has 4 aromatic rings. The molecule has 4 nitrogen and oxygen atoms in total. The van der Waals surface area contributed by atoms with E-state index < -0.39 is 0 Å². The van der Waals surface area contributed by atoms with Gasteiger partial charge < -0.3 is 14.4 Å². The number of hydrogen-bond donors (Lipinski definition) is 0. The van der Waals surface area contributed by atoms with E-state index in [0.717, 1.165) is 56.2 Å². The van der Waals surface area contributed by atoms with Gasteiger partial charge >= 0.3 is 0 Å².